The lowest BCUT2D eigenvalue weighted by atomic mass is 10.1. The number of ether oxygens (including phenoxy) is 4. The van der Waals surface area contributed by atoms with Gasteiger partial charge in [-0.25, -0.2) is 5.43 Å². The molecule has 0 bridgehead atoms. The largest absolute Gasteiger partial charge is 0.493 e. The van der Waals surface area contributed by atoms with Crippen molar-refractivity contribution < 1.29 is 23.7 Å². The van der Waals surface area contributed by atoms with Crippen molar-refractivity contribution in [2.75, 3.05) is 27.9 Å². The van der Waals surface area contributed by atoms with E-state index in [-0.39, 0.29) is 12.5 Å². The molecule has 7 nitrogen and oxygen atoms in total. The van der Waals surface area contributed by atoms with Crippen LogP contribution in [0.4, 0.5) is 0 Å². The lowest BCUT2D eigenvalue weighted by Crippen LogP contribution is -2.24. The number of methoxy groups -OCH3 is 3. The van der Waals surface area contributed by atoms with Gasteiger partial charge in [0, 0.05) is 11.1 Å². The Morgan fingerprint density at radius 2 is 1.52 bits per heavy atom. The van der Waals surface area contributed by atoms with Gasteiger partial charge >= 0.3 is 0 Å². The molecule has 0 unspecified atom stereocenters. The van der Waals surface area contributed by atoms with Gasteiger partial charge in [0.2, 0.25) is 5.75 Å². The molecule has 0 saturated heterocycles. The zero-order chi connectivity index (χ0) is 22.1. The molecule has 1 amide bonds. The zero-order valence-electron chi connectivity index (χ0n) is 17.6. The minimum Gasteiger partial charge on any atom is -0.493 e. The van der Waals surface area contributed by atoms with Crippen LogP contribution in [0.1, 0.15) is 5.56 Å². The van der Waals surface area contributed by atoms with Crippen LogP contribution >= 0.6 is 0 Å². The maximum atomic E-state index is 12.2. The van der Waals surface area contributed by atoms with Crippen LogP contribution in [0.25, 0.3) is 11.1 Å². The highest BCUT2D eigenvalue weighted by Gasteiger charge is 2.12. The van der Waals surface area contributed by atoms with Crippen LogP contribution in [0.15, 0.2) is 71.8 Å². The molecule has 0 atom stereocenters. The Labute approximate surface area is 181 Å². The topological polar surface area (TPSA) is 78.4 Å². The number of hydrazone groups is 1. The van der Waals surface area contributed by atoms with E-state index in [4.69, 9.17) is 18.9 Å². The summed E-state index contributed by atoms with van der Waals surface area (Å²) >= 11 is 0. The first-order valence-corrected chi connectivity index (χ1v) is 9.55. The van der Waals surface area contributed by atoms with Crippen LogP contribution in [-0.4, -0.2) is 40.1 Å². The van der Waals surface area contributed by atoms with Crippen LogP contribution < -0.4 is 24.4 Å². The summed E-state index contributed by atoms with van der Waals surface area (Å²) in [5, 5.41) is 3.98. The molecule has 3 aromatic rings. The minimum absolute atomic E-state index is 0.170. The van der Waals surface area contributed by atoms with E-state index in [1.165, 1.54) is 27.5 Å². The molecule has 31 heavy (non-hydrogen) atoms. The van der Waals surface area contributed by atoms with Crippen LogP contribution in [-0.2, 0) is 4.79 Å². The standard InChI is InChI=1S/C24H24N2O5/c1-28-21-13-17(14-22(29-2)24(21)30-3)15-25-26-23(27)16-31-20-12-8-7-11-19(20)18-9-5-4-6-10-18/h4-15H,16H2,1-3H3,(H,26,27). The highest BCUT2D eigenvalue weighted by Crippen LogP contribution is 2.37. The van der Waals surface area contributed by atoms with Gasteiger partial charge in [0.25, 0.3) is 5.91 Å². The van der Waals surface area contributed by atoms with Crippen molar-refractivity contribution >= 4 is 12.1 Å². The fraction of sp³-hybridized carbons (Fsp3) is 0.167. The van der Waals surface area contributed by atoms with E-state index in [9.17, 15) is 4.79 Å². The second-order valence-corrected chi connectivity index (χ2v) is 6.40. The van der Waals surface area contributed by atoms with Gasteiger partial charge in [0.15, 0.2) is 18.1 Å². The summed E-state index contributed by atoms with van der Waals surface area (Å²) in [5.74, 6) is 1.71. The van der Waals surface area contributed by atoms with E-state index < -0.39 is 0 Å². The predicted octanol–water partition coefficient (Wildman–Crippen LogP) is 3.91. The van der Waals surface area contributed by atoms with E-state index in [1.54, 1.807) is 12.1 Å². The number of carbonyl (C=O) groups excluding carboxylic acids is 1. The van der Waals surface area contributed by atoms with Crippen molar-refractivity contribution in [2.24, 2.45) is 5.10 Å². The molecule has 0 spiro atoms. The lowest BCUT2D eigenvalue weighted by molar-refractivity contribution is -0.123. The van der Waals surface area contributed by atoms with Crippen molar-refractivity contribution in [1.82, 2.24) is 5.43 Å². The molecule has 0 saturated carbocycles. The van der Waals surface area contributed by atoms with Crippen LogP contribution in [0, 0.1) is 0 Å². The maximum Gasteiger partial charge on any atom is 0.277 e. The maximum absolute atomic E-state index is 12.2. The van der Waals surface area contributed by atoms with Gasteiger partial charge in [0.1, 0.15) is 5.75 Å². The third-order valence-corrected chi connectivity index (χ3v) is 4.42. The zero-order valence-corrected chi connectivity index (χ0v) is 17.6. The number of benzene rings is 3. The summed E-state index contributed by atoms with van der Waals surface area (Å²) in [6.45, 7) is -0.170. The Hall–Kier alpha value is -4.00. The van der Waals surface area contributed by atoms with Gasteiger partial charge < -0.3 is 18.9 Å². The van der Waals surface area contributed by atoms with E-state index >= 15 is 0 Å². The number of rotatable bonds is 9. The van der Waals surface area contributed by atoms with Crippen LogP contribution in [0.5, 0.6) is 23.0 Å². The highest BCUT2D eigenvalue weighted by molar-refractivity contribution is 5.85. The lowest BCUT2D eigenvalue weighted by Gasteiger charge is -2.12. The Balaban J connectivity index is 1.62. The van der Waals surface area contributed by atoms with Crippen molar-refractivity contribution in [3.63, 3.8) is 0 Å². The number of hydrogen-bond donors (Lipinski definition) is 1. The number of para-hydroxylation sites is 1. The molecule has 0 radical (unpaired) electrons. The van der Waals surface area contributed by atoms with Gasteiger partial charge in [-0.15, -0.1) is 0 Å². The fourth-order valence-electron chi connectivity index (χ4n) is 2.98. The Morgan fingerprint density at radius 3 is 2.16 bits per heavy atom. The van der Waals surface area contributed by atoms with E-state index in [0.717, 1.165) is 11.1 Å². The SMILES string of the molecule is COc1cc(C=NNC(=O)COc2ccccc2-c2ccccc2)cc(OC)c1OC. The minimum atomic E-state index is -0.383. The molecule has 0 aromatic heterocycles. The molecule has 1 N–H and O–H groups in total. The quantitative estimate of drug-likeness (QED) is 0.420. The number of carbonyl (C=O) groups is 1. The molecule has 3 aromatic carbocycles. The Morgan fingerprint density at radius 1 is 0.871 bits per heavy atom. The van der Waals surface area contributed by atoms with Gasteiger partial charge in [-0.05, 0) is 23.8 Å². The third-order valence-electron chi connectivity index (χ3n) is 4.42. The summed E-state index contributed by atoms with van der Waals surface area (Å²) in [6, 6.07) is 20.9. The van der Waals surface area contributed by atoms with Crippen molar-refractivity contribution in [1.29, 1.82) is 0 Å². The van der Waals surface area contributed by atoms with Gasteiger partial charge in [-0.2, -0.15) is 5.10 Å². The van der Waals surface area contributed by atoms with Crippen molar-refractivity contribution in [3.8, 4) is 34.1 Å². The number of nitrogens with one attached hydrogen (secondary N) is 1. The second kappa shape index (κ2) is 10.7. The number of hydrogen-bond acceptors (Lipinski definition) is 6. The number of amides is 1. The van der Waals surface area contributed by atoms with Crippen molar-refractivity contribution in [2.45, 2.75) is 0 Å². The van der Waals surface area contributed by atoms with Gasteiger partial charge in [0.05, 0.1) is 27.5 Å². The predicted molar refractivity (Wildman–Crippen MR) is 119 cm³/mol. The first-order valence-electron chi connectivity index (χ1n) is 9.55. The monoisotopic (exact) mass is 420 g/mol. The molecule has 0 aliphatic carbocycles. The summed E-state index contributed by atoms with van der Waals surface area (Å²) in [4.78, 5) is 12.2. The van der Waals surface area contributed by atoms with Crippen LogP contribution in [0.2, 0.25) is 0 Å². The van der Waals surface area contributed by atoms with Gasteiger partial charge in [-0.3, -0.25) is 4.79 Å². The average molecular weight is 420 g/mol. The summed E-state index contributed by atoms with van der Waals surface area (Å²) in [6.07, 6.45) is 1.49. The summed E-state index contributed by atoms with van der Waals surface area (Å²) in [5.41, 5.74) is 5.05. The summed E-state index contributed by atoms with van der Waals surface area (Å²) in [7, 11) is 4.60. The third kappa shape index (κ3) is 5.54. The van der Waals surface area contributed by atoms with Crippen LogP contribution in [0.3, 0.4) is 0 Å². The van der Waals surface area contributed by atoms with E-state index in [0.29, 0.717) is 28.6 Å². The molecule has 0 fully saturated rings. The molecular weight excluding hydrogens is 396 g/mol. The molecule has 160 valence electrons. The van der Waals surface area contributed by atoms with Gasteiger partial charge in [-0.1, -0.05) is 48.5 Å². The molecular formula is C24H24N2O5. The molecule has 3 rings (SSSR count). The highest BCUT2D eigenvalue weighted by atomic mass is 16.5. The first kappa shape index (κ1) is 21.7. The van der Waals surface area contributed by atoms with E-state index in [2.05, 4.69) is 10.5 Å². The average Bonchev–Trinajstić information content (AvgIpc) is 2.82. The molecule has 7 heteroatoms. The van der Waals surface area contributed by atoms with Crippen molar-refractivity contribution in [3.05, 3.63) is 72.3 Å². The summed E-state index contributed by atoms with van der Waals surface area (Å²) < 4.78 is 21.6. The second-order valence-electron chi connectivity index (χ2n) is 6.40. The normalized spacial score (nSPS) is 10.5. The van der Waals surface area contributed by atoms with E-state index in [1.807, 2.05) is 54.6 Å². The Kier molecular flexibility index (Phi) is 7.48. The smallest absolute Gasteiger partial charge is 0.277 e. The first-order chi connectivity index (χ1) is 15.2. The number of nitrogens with zero attached hydrogens (tertiary/aromatic N) is 1. The molecule has 0 heterocycles. The Bertz CT molecular complexity index is 1030. The fourth-order valence-corrected chi connectivity index (χ4v) is 2.98. The molecule has 0 aliphatic heterocycles. The molecule has 0 aliphatic rings.